The van der Waals surface area contributed by atoms with E-state index >= 15 is 0 Å². The minimum Gasteiger partial charge on any atom is -0.339 e. The van der Waals surface area contributed by atoms with Crippen molar-refractivity contribution in [2.24, 2.45) is 0 Å². The van der Waals surface area contributed by atoms with Crippen LogP contribution >= 0.6 is 0 Å². The summed E-state index contributed by atoms with van der Waals surface area (Å²) in [7, 11) is 0. The van der Waals surface area contributed by atoms with E-state index in [9.17, 15) is 4.79 Å². The molecular weight excluding hydrogens is 318 g/mol. The van der Waals surface area contributed by atoms with Gasteiger partial charge in [-0.2, -0.15) is 10.1 Å². The average Bonchev–Trinajstić information content (AvgIpc) is 3.55. The van der Waals surface area contributed by atoms with E-state index in [0.29, 0.717) is 30.0 Å². The fourth-order valence-corrected chi connectivity index (χ4v) is 3.79. The van der Waals surface area contributed by atoms with Crippen LogP contribution in [-0.2, 0) is 5.41 Å². The highest BCUT2D eigenvalue weighted by Gasteiger charge is 2.41. The average molecular weight is 341 g/mol. The number of carbonyl (C=O) groups is 1. The van der Waals surface area contributed by atoms with Crippen LogP contribution in [0.3, 0.4) is 0 Å². The number of hydrogen-bond donors (Lipinski definition) is 1. The highest BCUT2D eigenvalue weighted by atomic mass is 16.5. The Morgan fingerprint density at radius 1 is 1.32 bits per heavy atom. The van der Waals surface area contributed by atoms with Crippen molar-refractivity contribution in [2.75, 3.05) is 13.1 Å². The van der Waals surface area contributed by atoms with Crippen molar-refractivity contribution in [1.29, 1.82) is 0 Å². The van der Waals surface area contributed by atoms with E-state index in [2.05, 4.69) is 27.3 Å². The monoisotopic (exact) mass is 341 g/mol. The summed E-state index contributed by atoms with van der Waals surface area (Å²) >= 11 is 0. The second-order valence-corrected chi connectivity index (χ2v) is 8.11. The van der Waals surface area contributed by atoms with Gasteiger partial charge < -0.3 is 9.42 Å². The first-order valence-electron chi connectivity index (χ1n) is 9.31. The molecular formula is C18H23N5O2. The second-order valence-electron chi connectivity index (χ2n) is 8.11. The van der Waals surface area contributed by atoms with Crippen molar-refractivity contribution >= 4 is 5.91 Å². The van der Waals surface area contributed by atoms with Crippen LogP contribution in [-0.4, -0.2) is 44.2 Å². The molecule has 1 aliphatic heterocycles. The molecule has 1 atom stereocenters. The lowest BCUT2D eigenvalue weighted by molar-refractivity contribution is 0.0614. The van der Waals surface area contributed by atoms with Gasteiger partial charge in [0, 0.05) is 30.6 Å². The molecule has 0 aromatic carbocycles. The summed E-state index contributed by atoms with van der Waals surface area (Å²) in [6.45, 7) is 3.48. The first kappa shape index (κ1) is 15.1. The molecule has 0 spiro atoms. The molecule has 2 saturated carbocycles. The molecule has 2 aromatic heterocycles. The van der Waals surface area contributed by atoms with Crippen molar-refractivity contribution in [3.63, 3.8) is 0 Å². The highest BCUT2D eigenvalue weighted by molar-refractivity contribution is 5.92. The summed E-state index contributed by atoms with van der Waals surface area (Å²) in [5, 5.41) is 11.4. The topological polar surface area (TPSA) is 87.9 Å². The zero-order valence-electron chi connectivity index (χ0n) is 14.5. The number of likely N-dealkylation sites (tertiary alicyclic amines) is 1. The minimum atomic E-state index is -0.274. The number of H-pyrrole nitrogens is 1. The molecule has 7 heteroatoms. The fraction of sp³-hybridized carbons (Fsp3) is 0.667. The Hall–Kier alpha value is -2.18. The number of aromatic nitrogens is 4. The van der Waals surface area contributed by atoms with E-state index < -0.39 is 0 Å². The quantitative estimate of drug-likeness (QED) is 0.924. The van der Waals surface area contributed by atoms with Crippen LogP contribution < -0.4 is 0 Å². The molecule has 25 heavy (non-hydrogen) atoms. The molecule has 1 unspecified atom stereocenters. The first-order valence-corrected chi connectivity index (χ1v) is 9.31. The van der Waals surface area contributed by atoms with Crippen molar-refractivity contribution in [1.82, 2.24) is 25.2 Å². The van der Waals surface area contributed by atoms with Crippen molar-refractivity contribution in [2.45, 2.75) is 62.7 Å². The molecule has 0 bridgehead atoms. The van der Waals surface area contributed by atoms with Crippen molar-refractivity contribution in [3.05, 3.63) is 29.2 Å². The van der Waals surface area contributed by atoms with Crippen LogP contribution in [0.15, 0.2) is 10.6 Å². The summed E-state index contributed by atoms with van der Waals surface area (Å²) < 4.78 is 5.57. The SMILES string of the molecule is CC1(c2nc(C3CC3)no2)CCCN(C(=O)c2cc(C3CC3)[nH]n2)C1. The lowest BCUT2D eigenvalue weighted by Crippen LogP contribution is -2.47. The van der Waals surface area contributed by atoms with Crippen LogP contribution in [0.5, 0.6) is 0 Å². The van der Waals surface area contributed by atoms with Crippen LogP contribution in [0.1, 0.15) is 85.2 Å². The molecule has 1 saturated heterocycles. The number of hydrogen-bond acceptors (Lipinski definition) is 5. The maximum atomic E-state index is 12.9. The van der Waals surface area contributed by atoms with E-state index in [4.69, 9.17) is 4.52 Å². The highest BCUT2D eigenvalue weighted by Crippen LogP contribution is 2.41. The Bertz CT molecular complexity index is 804. The Kier molecular flexibility index (Phi) is 3.27. The van der Waals surface area contributed by atoms with Gasteiger partial charge in [-0.05, 0) is 51.5 Å². The van der Waals surface area contributed by atoms with Gasteiger partial charge >= 0.3 is 0 Å². The molecule has 7 nitrogen and oxygen atoms in total. The Labute approximate surface area is 146 Å². The molecule has 2 aliphatic carbocycles. The van der Waals surface area contributed by atoms with Crippen LogP contribution in [0.2, 0.25) is 0 Å². The Morgan fingerprint density at radius 3 is 2.88 bits per heavy atom. The maximum Gasteiger partial charge on any atom is 0.274 e. The van der Waals surface area contributed by atoms with E-state index in [1.807, 2.05) is 11.0 Å². The van der Waals surface area contributed by atoms with Gasteiger partial charge in [0.1, 0.15) is 5.69 Å². The second kappa shape index (κ2) is 5.41. The van der Waals surface area contributed by atoms with Gasteiger partial charge in [0.05, 0.1) is 5.41 Å². The van der Waals surface area contributed by atoms with Crippen molar-refractivity contribution in [3.8, 4) is 0 Å². The number of rotatable bonds is 4. The number of aromatic amines is 1. The Balaban J connectivity index is 1.34. The standard InChI is InChI=1S/C18H23N5O2/c1-18(17-19-15(22-25-17)12-5-6-12)7-2-8-23(10-18)16(24)14-9-13(20-21-14)11-3-4-11/h9,11-12H,2-8,10H2,1H3,(H,20,21). The van der Waals surface area contributed by atoms with E-state index in [1.165, 1.54) is 12.8 Å². The predicted molar refractivity (Wildman–Crippen MR) is 89.3 cm³/mol. The normalized spacial score (nSPS) is 26.8. The number of carbonyl (C=O) groups excluding carboxylic acids is 1. The Morgan fingerprint density at radius 2 is 2.12 bits per heavy atom. The molecule has 5 rings (SSSR count). The summed E-state index contributed by atoms with van der Waals surface area (Å²) in [5.41, 5.74) is 1.34. The third kappa shape index (κ3) is 2.75. The summed E-state index contributed by atoms with van der Waals surface area (Å²) in [4.78, 5) is 19.4. The summed E-state index contributed by atoms with van der Waals surface area (Å²) in [6.07, 6.45) is 6.59. The van der Waals surface area contributed by atoms with Gasteiger partial charge in [0.2, 0.25) is 5.89 Å². The fourth-order valence-electron chi connectivity index (χ4n) is 3.79. The largest absolute Gasteiger partial charge is 0.339 e. The number of piperidine rings is 1. The third-order valence-corrected chi connectivity index (χ3v) is 5.72. The summed E-state index contributed by atoms with van der Waals surface area (Å²) in [6, 6.07) is 1.92. The maximum absolute atomic E-state index is 12.9. The van der Waals surface area contributed by atoms with Gasteiger partial charge in [0.25, 0.3) is 5.91 Å². The number of nitrogens with zero attached hydrogens (tertiary/aromatic N) is 4. The molecule has 3 heterocycles. The molecule has 2 aromatic rings. The van der Waals surface area contributed by atoms with E-state index in [-0.39, 0.29) is 11.3 Å². The van der Waals surface area contributed by atoms with Gasteiger partial charge in [-0.1, -0.05) is 5.16 Å². The molecule has 132 valence electrons. The molecule has 0 radical (unpaired) electrons. The lowest BCUT2D eigenvalue weighted by atomic mass is 9.81. The molecule has 1 amide bonds. The first-order chi connectivity index (χ1) is 12.1. The van der Waals surface area contributed by atoms with Crippen LogP contribution in [0.4, 0.5) is 0 Å². The number of amides is 1. The van der Waals surface area contributed by atoms with E-state index in [0.717, 1.165) is 43.7 Å². The van der Waals surface area contributed by atoms with Gasteiger partial charge in [-0.15, -0.1) is 0 Å². The zero-order chi connectivity index (χ0) is 17.0. The van der Waals surface area contributed by atoms with E-state index in [1.54, 1.807) is 0 Å². The zero-order valence-corrected chi connectivity index (χ0v) is 14.5. The summed E-state index contributed by atoms with van der Waals surface area (Å²) in [5.74, 6) is 2.55. The predicted octanol–water partition coefficient (Wildman–Crippen LogP) is 2.74. The van der Waals surface area contributed by atoms with Gasteiger partial charge in [-0.25, -0.2) is 0 Å². The lowest BCUT2D eigenvalue weighted by Gasteiger charge is -2.37. The smallest absolute Gasteiger partial charge is 0.274 e. The van der Waals surface area contributed by atoms with Crippen molar-refractivity contribution < 1.29 is 9.32 Å². The van der Waals surface area contributed by atoms with Gasteiger partial charge in [0.15, 0.2) is 5.82 Å². The van der Waals surface area contributed by atoms with Crippen LogP contribution in [0.25, 0.3) is 0 Å². The number of nitrogens with one attached hydrogen (secondary N) is 1. The third-order valence-electron chi connectivity index (χ3n) is 5.72. The van der Waals surface area contributed by atoms with Crippen LogP contribution in [0, 0.1) is 0 Å². The minimum absolute atomic E-state index is 0.00370. The molecule has 3 fully saturated rings. The molecule has 1 N–H and O–H groups in total. The molecule has 3 aliphatic rings. The van der Waals surface area contributed by atoms with Gasteiger partial charge in [-0.3, -0.25) is 9.89 Å².